The second-order valence-electron chi connectivity index (χ2n) is 6.65. The minimum Gasteiger partial charge on any atom is -0.494 e. The number of rotatable bonds is 7. The second-order valence-corrected chi connectivity index (χ2v) is 6.65. The Labute approximate surface area is 153 Å². The van der Waals surface area contributed by atoms with Crippen LogP contribution < -0.4 is 15.8 Å². The van der Waals surface area contributed by atoms with Gasteiger partial charge in [-0.2, -0.15) is 4.98 Å². The molecular weight excluding hydrogens is 332 g/mol. The van der Waals surface area contributed by atoms with Gasteiger partial charge in [0.05, 0.1) is 6.61 Å². The zero-order valence-electron chi connectivity index (χ0n) is 15.1. The Balaban J connectivity index is 1.48. The van der Waals surface area contributed by atoms with Gasteiger partial charge in [-0.15, -0.1) is 0 Å². The minimum atomic E-state index is 0.0197. The van der Waals surface area contributed by atoms with E-state index in [4.69, 9.17) is 15.0 Å². The van der Waals surface area contributed by atoms with Crippen LogP contribution in [0.1, 0.15) is 44.9 Å². The summed E-state index contributed by atoms with van der Waals surface area (Å²) >= 11 is 0. The van der Waals surface area contributed by atoms with E-state index in [0.717, 1.165) is 37.0 Å². The Morgan fingerprint density at radius 1 is 1.27 bits per heavy atom. The molecule has 1 aromatic heterocycles. The van der Waals surface area contributed by atoms with Gasteiger partial charge < -0.3 is 20.3 Å². The zero-order valence-corrected chi connectivity index (χ0v) is 15.1. The number of nitrogens with one attached hydrogen (secondary N) is 1. The number of carbonyl (C=O) groups is 1. The Morgan fingerprint density at radius 2 is 2.00 bits per heavy atom. The predicted molar refractivity (Wildman–Crippen MR) is 97.6 cm³/mol. The molecule has 0 aliphatic heterocycles. The average Bonchev–Trinajstić information content (AvgIpc) is 3.12. The maximum atomic E-state index is 12.1. The van der Waals surface area contributed by atoms with E-state index in [-0.39, 0.29) is 18.0 Å². The molecule has 0 radical (unpaired) electrons. The van der Waals surface area contributed by atoms with Gasteiger partial charge in [0, 0.05) is 30.5 Å². The van der Waals surface area contributed by atoms with Crippen LogP contribution in [0, 0.1) is 0 Å². The molecule has 0 atom stereocenters. The molecule has 1 heterocycles. The van der Waals surface area contributed by atoms with Gasteiger partial charge in [-0.1, -0.05) is 5.16 Å². The fourth-order valence-electron chi connectivity index (χ4n) is 3.12. The molecule has 0 spiro atoms. The lowest BCUT2D eigenvalue weighted by molar-refractivity contribution is -0.122. The molecule has 26 heavy (non-hydrogen) atoms. The standard InChI is InChI=1S/C19H26N4O3/c1-2-25-16-9-3-13(4-10-16)19-22-18(26-23-19)12-11-17(24)21-15-7-5-14(20)6-8-15/h3-4,9-10,14-15H,2,5-8,11-12,20H2,1H3,(H,21,24). The molecule has 1 aromatic carbocycles. The fourth-order valence-corrected chi connectivity index (χ4v) is 3.12. The summed E-state index contributed by atoms with van der Waals surface area (Å²) in [5.74, 6) is 1.81. The van der Waals surface area contributed by atoms with Gasteiger partial charge in [-0.05, 0) is 56.9 Å². The van der Waals surface area contributed by atoms with Crippen molar-refractivity contribution in [3.8, 4) is 17.1 Å². The Bertz CT molecular complexity index is 706. The lowest BCUT2D eigenvalue weighted by Gasteiger charge is -2.26. The number of nitrogens with two attached hydrogens (primary N) is 1. The average molecular weight is 358 g/mol. The van der Waals surface area contributed by atoms with E-state index < -0.39 is 0 Å². The van der Waals surface area contributed by atoms with Crippen molar-refractivity contribution in [2.75, 3.05) is 6.61 Å². The number of aromatic nitrogens is 2. The van der Waals surface area contributed by atoms with Crippen molar-refractivity contribution < 1.29 is 14.1 Å². The van der Waals surface area contributed by atoms with Gasteiger partial charge in [0.25, 0.3) is 0 Å². The lowest BCUT2D eigenvalue weighted by Crippen LogP contribution is -2.40. The molecule has 1 fully saturated rings. The molecule has 7 heteroatoms. The van der Waals surface area contributed by atoms with E-state index in [9.17, 15) is 4.79 Å². The van der Waals surface area contributed by atoms with Crippen LogP contribution >= 0.6 is 0 Å². The highest BCUT2D eigenvalue weighted by Crippen LogP contribution is 2.20. The molecule has 0 bridgehead atoms. The van der Waals surface area contributed by atoms with E-state index in [1.54, 1.807) is 0 Å². The summed E-state index contributed by atoms with van der Waals surface area (Å²) in [5.41, 5.74) is 6.74. The highest BCUT2D eigenvalue weighted by molar-refractivity contribution is 5.76. The second kappa shape index (κ2) is 8.80. The van der Waals surface area contributed by atoms with Crippen molar-refractivity contribution in [2.24, 2.45) is 5.73 Å². The maximum Gasteiger partial charge on any atom is 0.227 e. The van der Waals surface area contributed by atoms with Crippen molar-refractivity contribution in [2.45, 2.75) is 57.5 Å². The molecule has 2 aromatic rings. The van der Waals surface area contributed by atoms with Gasteiger partial charge in [0.2, 0.25) is 17.6 Å². The predicted octanol–water partition coefficient (Wildman–Crippen LogP) is 2.45. The van der Waals surface area contributed by atoms with E-state index in [1.807, 2.05) is 31.2 Å². The highest BCUT2D eigenvalue weighted by atomic mass is 16.5. The van der Waals surface area contributed by atoms with Gasteiger partial charge >= 0.3 is 0 Å². The van der Waals surface area contributed by atoms with Crippen LogP contribution in [0.4, 0.5) is 0 Å². The number of ether oxygens (including phenoxy) is 1. The quantitative estimate of drug-likeness (QED) is 0.788. The van der Waals surface area contributed by atoms with Crippen LogP contribution in [0.3, 0.4) is 0 Å². The Hall–Kier alpha value is -2.41. The summed E-state index contributed by atoms with van der Waals surface area (Å²) in [4.78, 5) is 16.5. The molecule has 1 saturated carbocycles. The first-order chi connectivity index (χ1) is 12.6. The van der Waals surface area contributed by atoms with E-state index in [0.29, 0.717) is 31.2 Å². The smallest absolute Gasteiger partial charge is 0.227 e. The summed E-state index contributed by atoms with van der Waals surface area (Å²) < 4.78 is 10.7. The topological polar surface area (TPSA) is 103 Å². The number of aryl methyl sites for hydroxylation is 1. The van der Waals surface area contributed by atoms with Gasteiger partial charge in [0.1, 0.15) is 5.75 Å². The molecule has 0 saturated heterocycles. The molecule has 3 N–H and O–H groups in total. The normalized spacial score (nSPS) is 19.9. The zero-order chi connectivity index (χ0) is 18.4. The van der Waals surface area contributed by atoms with Crippen molar-refractivity contribution in [1.82, 2.24) is 15.5 Å². The maximum absolute atomic E-state index is 12.1. The third-order valence-electron chi connectivity index (χ3n) is 4.59. The van der Waals surface area contributed by atoms with Crippen LogP contribution in [0.25, 0.3) is 11.4 Å². The van der Waals surface area contributed by atoms with Crippen LogP contribution in [-0.4, -0.2) is 34.7 Å². The molecule has 7 nitrogen and oxygen atoms in total. The van der Waals surface area contributed by atoms with Gasteiger partial charge in [-0.3, -0.25) is 4.79 Å². The van der Waals surface area contributed by atoms with Crippen molar-refractivity contribution in [1.29, 1.82) is 0 Å². The summed E-state index contributed by atoms with van der Waals surface area (Å²) in [6.07, 6.45) is 4.63. The Morgan fingerprint density at radius 3 is 2.69 bits per heavy atom. The molecule has 1 aliphatic rings. The fraction of sp³-hybridized carbons (Fsp3) is 0.526. The third kappa shape index (κ3) is 5.05. The van der Waals surface area contributed by atoms with Crippen LogP contribution in [-0.2, 0) is 11.2 Å². The number of hydrogen-bond acceptors (Lipinski definition) is 6. The summed E-state index contributed by atoms with van der Waals surface area (Å²) in [6, 6.07) is 8.05. The molecule has 1 aliphatic carbocycles. The first-order valence-electron chi connectivity index (χ1n) is 9.25. The summed E-state index contributed by atoms with van der Waals surface area (Å²) in [7, 11) is 0. The van der Waals surface area contributed by atoms with E-state index >= 15 is 0 Å². The summed E-state index contributed by atoms with van der Waals surface area (Å²) in [6.45, 7) is 2.57. The number of nitrogens with zero attached hydrogens (tertiary/aromatic N) is 2. The number of carbonyl (C=O) groups excluding carboxylic acids is 1. The molecular formula is C19H26N4O3. The third-order valence-corrected chi connectivity index (χ3v) is 4.59. The SMILES string of the molecule is CCOc1ccc(-c2noc(CCC(=O)NC3CCC(N)CC3)n2)cc1. The molecule has 140 valence electrons. The largest absolute Gasteiger partial charge is 0.494 e. The monoisotopic (exact) mass is 358 g/mol. The van der Waals surface area contributed by atoms with Crippen molar-refractivity contribution in [3.05, 3.63) is 30.2 Å². The van der Waals surface area contributed by atoms with Crippen LogP contribution in [0.5, 0.6) is 5.75 Å². The van der Waals surface area contributed by atoms with Crippen molar-refractivity contribution >= 4 is 5.91 Å². The first kappa shape index (κ1) is 18.4. The van der Waals surface area contributed by atoms with Gasteiger partial charge in [-0.25, -0.2) is 0 Å². The molecule has 3 rings (SSSR count). The number of benzene rings is 1. The number of hydrogen-bond donors (Lipinski definition) is 2. The van der Waals surface area contributed by atoms with E-state index in [2.05, 4.69) is 15.5 Å². The Kier molecular flexibility index (Phi) is 6.22. The number of amides is 1. The van der Waals surface area contributed by atoms with Crippen LogP contribution in [0.2, 0.25) is 0 Å². The summed E-state index contributed by atoms with van der Waals surface area (Å²) in [5, 5.41) is 7.06. The van der Waals surface area contributed by atoms with Crippen LogP contribution in [0.15, 0.2) is 28.8 Å². The van der Waals surface area contributed by atoms with E-state index in [1.165, 1.54) is 0 Å². The minimum absolute atomic E-state index is 0.0197. The van der Waals surface area contributed by atoms with Crippen molar-refractivity contribution in [3.63, 3.8) is 0 Å². The molecule has 0 unspecified atom stereocenters. The lowest BCUT2D eigenvalue weighted by atomic mass is 9.92. The molecule has 1 amide bonds. The first-order valence-corrected chi connectivity index (χ1v) is 9.25. The van der Waals surface area contributed by atoms with Gasteiger partial charge in [0.15, 0.2) is 0 Å². The highest BCUT2D eigenvalue weighted by Gasteiger charge is 2.20.